The van der Waals surface area contributed by atoms with Gasteiger partial charge < -0.3 is 11.1 Å². The number of hydrogen-bond donors (Lipinski definition) is 2. The van der Waals surface area contributed by atoms with E-state index >= 15 is 0 Å². The van der Waals surface area contributed by atoms with Gasteiger partial charge in [-0.15, -0.1) is 0 Å². The first-order chi connectivity index (χ1) is 10.1. The Morgan fingerprint density at radius 2 is 2.38 bits per heavy atom. The van der Waals surface area contributed by atoms with Crippen molar-refractivity contribution in [3.8, 4) is 11.8 Å². The highest BCUT2D eigenvalue weighted by atomic mass is 35.5. The molecule has 0 aliphatic rings. The Labute approximate surface area is 128 Å². The molecule has 0 saturated heterocycles. The maximum atomic E-state index is 12.2. The largest absolute Gasteiger partial charge is 0.323 e. The van der Waals surface area contributed by atoms with Crippen molar-refractivity contribution in [2.24, 2.45) is 5.73 Å². The van der Waals surface area contributed by atoms with Crippen LogP contribution in [0.25, 0.3) is 0 Å². The molecule has 2 aromatic rings. The van der Waals surface area contributed by atoms with E-state index in [-0.39, 0.29) is 12.5 Å². The molecule has 6 heteroatoms. The standard InChI is InChI=1S/C15H15ClN4O/c1-11(20-9-3-8-18-20)15(21)19-14-10-12(4-2-7-17)5-6-13(14)16/h3,5-6,8-11H,7,17H2,1H3,(H,19,21). The summed E-state index contributed by atoms with van der Waals surface area (Å²) in [6.07, 6.45) is 3.36. The predicted molar refractivity (Wildman–Crippen MR) is 83.0 cm³/mol. The number of carbonyl (C=O) groups excluding carboxylic acids is 1. The Bertz CT molecular complexity index is 685. The molecule has 0 bridgehead atoms. The fourth-order valence-electron chi connectivity index (χ4n) is 1.72. The summed E-state index contributed by atoms with van der Waals surface area (Å²) < 4.78 is 1.57. The van der Waals surface area contributed by atoms with Gasteiger partial charge in [-0.3, -0.25) is 9.48 Å². The van der Waals surface area contributed by atoms with Gasteiger partial charge in [-0.25, -0.2) is 0 Å². The second-order valence-electron chi connectivity index (χ2n) is 4.35. The summed E-state index contributed by atoms with van der Waals surface area (Å²) in [7, 11) is 0. The summed E-state index contributed by atoms with van der Waals surface area (Å²) in [6, 6.07) is 6.52. The first-order valence-electron chi connectivity index (χ1n) is 6.40. The number of nitrogens with two attached hydrogens (primary N) is 1. The van der Waals surface area contributed by atoms with Crippen LogP contribution in [0.2, 0.25) is 5.02 Å². The van der Waals surface area contributed by atoms with Gasteiger partial charge in [0.1, 0.15) is 6.04 Å². The lowest BCUT2D eigenvalue weighted by molar-refractivity contribution is -0.119. The molecule has 1 aromatic heterocycles. The average molecular weight is 303 g/mol. The lowest BCUT2D eigenvalue weighted by Crippen LogP contribution is -2.24. The van der Waals surface area contributed by atoms with Crippen molar-refractivity contribution in [2.75, 3.05) is 11.9 Å². The van der Waals surface area contributed by atoms with Crippen molar-refractivity contribution in [1.82, 2.24) is 9.78 Å². The van der Waals surface area contributed by atoms with Gasteiger partial charge in [0.25, 0.3) is 0 Å². The summed E-state index contributed by atoms with van der Waals surface area (Å²) in [4.78, 5) is 12.2. The van der Waals surface area contributed by atoms with Crippen LogP contribution in [-0.4, -0.2) is 22.2 Å². The van der Waals surface area contributed by atoms with Crippen LogP contribution in [0.15, 0.2) is 36.7 Å². The Morgan fingerprint density at radius 3 is 3.05 bits per heavy atom. The number of benzene rings is 1. The maximum Gasteiger partial charge on any atom is 0.248 e. The van der Waals surface area contributed by atoms with Gasteiger partial charge in [0.05, 0.1) is 17.3 Å². The first-order valence-corrected chi connectivity index (χ1v) is 6.78. The summed E-state index contributed by atoms with van der Waals surface area (Å²) >= 11 is 6.09. The molecule has 1 amide bonds. The Morgan fingerprint density at radius 1 is 1.57 bits per heavy atom. The average Bonchev–Trinajstić information content (AvgIpc) is 3.01. The van der Waals surface area contributed by atoms with Crippen LogP contribution >= 0.6 is 11.6 Å². The van der Waals surface area contributed by atoms with Crippen LogP contribution in [-0.2, 0) is 4.79 Å². The molecule has 1 heterocycles. The highest BCUT2D eigenvalue weighted by Crippen LogP contribution is 2.23. The summed E-state index contributed by atoms with van der Waals surface area (Å²) in [5, 5.41) is 7.28. The van der Waals surface area contributed by atoms with Gasteiger partial charge in [-0.1, -0.05) is 23.4 Å². The third kappa shape index (κ3) is 3.85. The minimum absolute atomic E-state index is 0.204. The van der Waals surface area contributed by atoms with Crippen LogP contribution < -0.4 is 11.1 Å². The van der Waals surface area contributed by atoms with Crippen molar-refractivity contribution < 1.29 is 4.79 Å². The van der Waals surface area contributed by atoms with Crippen molar-refractivity contribution >= 4 is 23.2 Å². The smallest absolute Gasteiger partial charge is 0.248 e. The number of anilines is 1. The van der Waals surface area contributed by atoms with Crippen molar-refractivity contribution in [1.29, 1.82) is 0 Å². The molecule has 1 atom stereocenters. The lowest BCUT2D eigenvalue weighted by atomic mass is 10.2. The fraction of sp³-hybridized carbons (Fsp3) is 0.200. The van der Waals surface area contributed by atoms with Crippen LogP contribution in [0.4, 0.5) is 5.69 Å². The molecule has 3 N–H and O–H groups in total. The molecule has 108 valence electrons. The quantitative estimate of drug-likeness (QED) is 0.852. The molecule has 0 spiro atoms. The number of hydrogen-bond acceptors (Lipinski definition) is 3. The van der Waals surface area contributed by atoms with E-state index in [2.05, 4.69) is 22.3 Å². The van der Waals surface area contributed by atoms with Crippen molar-refractivity contribution in [2.45, 2.75) is 13.0 Å². The highest BCUT2D eigenvalue weighted by molar-refractivity contribution is 6.33. The molecule has 0 radical (unpaired) electrons. The SMILES string of the molecule is CC(C(=O)Nc1cc(C#CCN)ccc1Cl)n1cccn1. The second-order valence-corrected chi connectivity index (χ2v) is 4.76. The zero-order valence-corrected chi connectivity index (χ0v) is 12.3. The number of carbonyl (C=O) groups is 1. The second kappa shape index (κ2) is 6.93. The van der Waals surface area contributed by atoms with E-state index in [4.69, 9.17) is 17.3 Å². The molecule has 0 fully saturated rings. The number of halogens is 1. The number of rotatable bonds is 3. The molecular formula is C15H15ClN4O. The normalized spacial score (nSPS) is 11.4. The molecule has 0 aliphatic carbocycles. The number of aromatic nitrogens is 2. The number of nitrogens with one attached hydrogen (secondary N) is 1. The molecule has 5 nitrogen and oxygen atoms in total. The molecule has 0 saturated carbocycles. The third-order valence-electron chi connectivity index (χ3n) is 2.86. The Balaban J connectivity index is 2.16. The molecule has 0 aliphatic heterocycles. The zero-order chi connectivity index (χ0) is 15.2. The van der Waals surface area contributed by atoms with Gasteiger partial charge in [-0.05, 0) is 31.2 Å². The highest BCUT2D eigenvalue weighted by Gasteiger charge is 2.16. The van der Waals surface area contributed by atoms with Crippen LogP contribution in [0.3, 0.4) is 0 Å². The molecular weight excluding hydrogens is 288 g/mol. The minimum atomic E-state index is -0.435. The summed E-state index contributed by atoms with van der Waals surface area (Å²) in [5.41, 5.74) is 6.60. The lowest BCUT2D eigenvalue weighted by Gasteiger charge is -2.13. The summed E-state index contributed by atoms with van der Waals surface area (Å²) in [5.74, 6) is 5.45. The maximum absolute atomic E-state index is 12.2. The third-order valence-corrected chi connectivity index (χ3v) is 3.19. The van der Waals surface area contributed by atoms with Crippen LogP contribution in [0.5, 0.6) is 0 Å². The Hall–Kier alpha value is -2.29. The van der Waals surface area contributed by atoms with E-state index in [1.807, 2.05) is 0 Å². The van der Waals surface area contributed by atoms with Crippen LogP contribution in [0.1, 0.15) is 18.5 Å². The molecule has 1 aromatic carbocycles. The minimum Gasteiger partial charge on any atom is -0.323 e. The molecule has 21 heavy (non-hydrogen) atoms. The van der Waals surface area contributed by atoms with E-state index in [1.165, 1.54) is 0 Å². The van der Waals surface area contributed by atoms with E-state index in [0.717, 1.165) is 5.56 Å². The zero-order valence-electron chi connectivity index (χ0n) is 11.5. The topological polar surface area (TPSA) is 72.9 Å². The van der Waals surface area contributed by atoms with Gasteiger partial charge >= 0.3 is 0 Å². The first kappa shape index (κ1) is 15.1. The van der Waals surface area contributed by atoms with E-state index in [1.54, 1.807) is 48.3 Å². The van der Waals surface area contributed by atoms with E-state index < -0.39 is 6.04 Å². The molecule has 1 unspecified atom stereocenters. The van der Waals surface area contributed by atoms with Crippen molar-refractivity contribution in [3.05, 3.63) is 47.2 Å². The van der Waals surface area contributed by atoms with E-state index in [0.29, 0.717) is 10.7 Å². The number of amides is 1. The summed E-state index contributed by atoms with van der Waals surface area (Å²) in [6.45, 7) is 2.04. The van der Waals surface area contributed by atoms with Gasteiger partial charge in [0.2, 0.25) is 5.91 Å². The number of nitrogens with zero attached hydrogens (tertiary/aromatic N) is 2. The fourth-order valence-corrected chi connectivity index (χ4v) is 1.88. The monoisotopic (exact) mass is 302 g/mol. The van der Waals surface area contributed by atoms with E-state index in [9.17, 15) is 4.79 Å². The van der Waals surface area contributed by atoms with Crippen molar-refractivity contribution in [3.63, 3.8) is 0 Å². The molecule has 2 rings (SSSR count). The van der Waals surface area contributed by atoms with Gasteiger partial charge in [-0.2, -0.15) is 5.10 Å². The van der Waals surface area contributed by atoms with Gasteiger partial charge in [0, 0.05) is 18.0 Å². The van der Waals surface area contributed by atoms with Crippen LogP contribution in [0, 0.1) is 11.8 Å². The van der Waals surface area contributed by atoms with Gasteiger partial charge in [0.15, 0.2) is 0 Å². The predicted octanol–water partition coefficient (Wildman–Crippen LogP) is 2.05. The Kier molecular flexibility index (Phi) is 4.99.